The van der Waals surface area contributed by atoms with Crippen LogP contribution in [-0.4, -0.2) is 58.2 Å². The van der Waals surface area contributed by atoms with Crippen molar-refractivity contribution in [2.75, 3.05) is 24.5 Å². The van der Waals surface area contributed by atoms with Crippen molar-refractivity contribution < 1.29 is 22.7 Å². The Morgan fingerprint density at radius 1 is 1.41 bits per heavy atom. The fourth-order valence-electron chi connectivity index (χ4n) is 3.17. The molecule has 2 N–H and O–H groups in total. The number of aromatic nitrogens is 4. The highest BCUT2D eigenvalue weighted by Crippen LogP contribution is 2.31. The molecule has 3 aromatic rings. The number of nitrogens with zero attached hydrogens (tertiary/aromatic N) is 4. The Balaban J connectivity index is 1.51. The summed E-state index contributed by atoms with van der Waals surface area (Å²) in [7, 11) is 0. The van der Waals surface area contributed by atoms with Gasteiger partial charge in [0.15, 0.2) is 5.82 Å². The number of fused-ring (bicyclic) bond motifs is 3. The van der Waals surface area contributed by atoms with E-state index in [9.17, 15) is 18.0 Å². The van der Waals surface area contributed by atoms with Crippen molar-refractivity contribution in [3.63, 3.8) is 0 Å². The van der Waals surface area contributed by atoms with Crippen LogP contribution in [0.15, 0.2) is 24.7 Å². The maximum atomic E-state index is 12.2. The van der Waals surface area contributed by atoms with E-state index in [1.807, 2.05) is 11.0 Å². The maximum Gasteiger partial charge on any atom is 0.407 e. The molecule has 1 saturated heterocycles. The number of H-pyrrole nitrogens is 1. The first-order chi connectivity index (χ1) is 12.9. The van der Waals surface area contributed by atoms with Gasteiger partial charge in [0.25, 0.3) is 0 Å². The third-order valence-electron chi connectivity index (χ3n) is 4.34. The molecule has 8 nitrogen and oxygen atoms in total. The van der Waals surface area contributed by atoms with Crippen LogP contribution in [0.1, 0.15) is 6.42 Å². The predicted molar refractivity (Wildman–Crippen MR) is 90.3 cm³/mol. The van der Waals surface area contributed by atoms with Gasteiger partial charge in [0.1, 0.15) is 18.3 Å². The number of hydrogen-bond donors (Lipinski definition) is 2. The minimum atomic E-state index is -4.48. The van der Waals surface area contributed by atoms with E-state index in [1.54, 1.807) is 23.9 Å². The van der Waals surface area contributed by atoms with Gasteiger partial charge in [0.2, 0.25) is 0 Å². The molecule has 11 heteroatoms. The smallest absolute Gasteiger partial charge is 0.407 e. The predicted octanol–water partition coefficient (Wildman–Crippen LogP) is 2.37. The lowest BCUT2D eigenvalue weighted by Crippen LogP contribution is -2.36. The first-order valence-electron chi connectivity index (χ1n) is 8.24. The molecule has 0 radical (unpaired) electrons. The third kappa shape index (κ3) is 3.57. The van der Waals surface area contributed by atoms with Gasteiger partial charge < -0.3 is 19.9 Å². The molecule has 1 amide bonds. The summed E-state index contributed by atoms with van der Waals surface area (Å²) in [6.45, 7) is -0.559. The van der Waals surface area contributed by atoms with Crippen molar-refractivity contribution in [1.82, 2.24) is 25.5 Å². The summed E-state index contributed by atoms with van der Waals surface area (Å²) in [5.74, 6) is 0.626. The molecule has 3 aromatic heterocycles. The minimum absolute atomic E-state index is 0.321. The van der Waals surface area contributed by atoms with E-state index in [4.69, 9.17) is 4.74 Å². The lowest BCUT2D eigenvalue weighted by atomic mass is 10.1. The second-order valence-corrected chi connectivity index (χ2v) is 6.23. The van der Waals surface area contributed by atoms with E-state index in [0.29, 0.717) is 25.3 Å². The van der Waals surface area contributed by atoms with Crippen LogP contribution in [0.4, 0.5) is 23.8 Å². The highest BCUT2D eigenvalue weighted by molar-refractivity contribution is 6.09. The minimum Gasteiger partial charge on any atom is -0.444 e. The molecule has 4 heterocycles. The summed E-state index contributed by atoms with van der Waals surface area (Å²) >= 11 is 0. The summed E-state index contributed by atoms with van der Waals surface area (Å²) in [5.41, 5.74) is 0.718. The average Bonchev–Trinajstić information content (AvgIpc) is 3.28. The Kier molecular flexibility index (Phi) is 4.21. The number of halogens is 3. The van der Waals surface area contributed by atoms with Crippen LogP contribution in [-0.2, 0) is 4.74 Å². The van der Waals surface area contributed by atoms with Gasteiger partial charge in [-0.15, -0.1) is 5.10 Å². The van der Waals surface area contributed by atoms with Gasteiger partial charge in [0.05, 0.1) is 12.7 Å². The Bertz CT molecular complexity index is 989. The zero-order chi connectivity index (χ0) is 19.0. The van der Waals surface area contributed by atoms with Gasteiger partial charge in [-0.05, 0) is 6.07 Å². The number of amides is 1. The van der Waals surface area contributed by atoms with Crippen molar-refractivity contribution in [2.45, 2.75) is 18.7 Å². The van der Waals surface area contributed by atoms with E-state index < -0.39 is 24.9 Å². The van der Waals surface area contributed by atoms with Gasteiger partial charge >= 0.3 is 12.3 Å². The van der Waals surface area contributed by atoms with Crippen molar-refractivity contribution in [3.8, 4) is 0 Å². The number of carbonyl (C=O) groups is 1. The zero-order valence-corrected chi connectivity index (χ0v) is 14.0. The Morgan fingerprint density at radius 3 is 3.07 bits per heavy atom. The van der Waals surface area contributed by atoms with Gasteiger partial charge in [-0.3, -0.25) is 0 Å². The molecule has 1 unspecified atom stereocenters. The molecule has 4 rings (SSSR count). The number of anilines is 1. The van der Waals surface area contributed by atoms with Gasteiger partial charge in [-0.1, -0.05) is 0 Å². The summed E-state index contributed by atoms with van der Waals surface area (Å²) < 4.78 is 41.6. The molecule has 0 aromatic carbocycles. The molecule has 1 atom stereocenters. The van der Waals surface area contributed by atoms with Crippen molar-refractivity contribution >= 4 is 33.7 Å². The maximum absolute atomic E-state index is 12.2. The van der Waals surface area contributed by atoms with Gasteiger partial charge in [-0.2, -0.15) is 18.3 Å². The number of aromatic amines is 1. The van der Waals surface area contributed by atoms with Crippen LogP contribution in [0.3, 0.4) is 0 Å². The molecule has 1 aliphatic heterocycles. The lowest BCUT2D eigenvalue weighted by Gasteiger charge is -2.19. The van der Waals surface area contributed by atoms with Crippen LogP contribution >= 0.6 is 0 Å². The van der Waals surface area contributed by atoms with Crippen molar-refractivity contribution in [2.24, 2.45) is 0 Å². The fraction of sp³-hybridized carbons (Fsp3) is 0.375. The van der Waals surface area contributed by atoms with Crippen molar-refractivity contribution in [1.29, 1.82) is 0 Å². The molecule has 27 heavy (non-hydrogen) atoms. The quantitative estimate of drug-likeness (QED) is 0.724. The second-order valence-electron chi connectivity index (χ2n) is 6.23. The first kappa shape index (κ1) is 17.3. The van der Waals surface area contributed by atoms with Crippen molar-refractivity contribution in [3.05, 3.63) is 24.7 Å². The summed E-state index contributed by atoms with van der Waals surface area (Å²) in [4.78, 5) is 20.8. The molecule has 142 valence electrons. The van der Waals surface area contributed by atoms with E-state index in [0.717, 1.165) is 21.8 Å². The summed E-state index contributed by atoms with van der Waals surface area (Å²) in [6, 6.07) is 1.89. The number of hydrogen-bond acceptors (Lipinski definition) is 6. The van der Waals surface area contributed by atoms with Crippen LogP contribution in [0.5, 0.6) is 0 Å². The van der Waals surface area contributed by atoms with Crippen LogP contribution in [0.2, 0.25) is 0 Å². The van der Waals surface area contributed by atoms with Crippen LogP contribution in [0, 0.1) is 0 Å². The third-order valence-corrected chi connectivity index (χ3v) is 4.34. The topological polar surface area (TPSA) is 96.0 Å². The van der Waals surface area contributed by atoms with E-state index >= 15 is 0 Å². The molecule has 1 aliphatic rings. The number of ether oxygens (including phenoxy) is 1. The number of carbonyl (C=O) groups excluding carboxylic acids is 1. The molecule has 0 bridgehead atoms. The van der Waals surface area contributed by atoms with E-state index in [2.05, 4.69) is 20.2 Å². The highest BCUT2D eigenvalue weighted by Gasteiger charge is 2.31. The fourth-order valence-corrected chi connectivity index (χ4v) is 3.17. The van der Waals surface area contributed by atoms with Gasteiger partial charge in [-0.25, -0.2) is 9.78 Å². The lowest BCUT2D eigenvalue weighted by molar-refractivity contribution is -0.124. The molecular weight excluding hydrogens is 365 g/mol. The molecule has 0 saturated carbocycles. The zero-order valence-electron chi connectivity index (χ0n) is 14.0. The largest absolute Gasteiger partial charge is 0.444 e. The Morgan fingerprint density at radius 2 is 2.26 bits per heavy atom. The van der Waals surface area contributed by atoms with E-state index in [1.165, 1.54) is 0 Å². The number of rotatable bonds is 3. The SMILES string of the molecule is O=C(NCC(F)(F)F)OC1CCN(c2nncc3cnc4[nH]ccc4c23)C1. The second kappa shape index (κ2) is 6.56. The summed E-state index contributed by atoms with van der Waals surface area (Å²) in [5, 5.41) is 12.5. The summed E-state index contributed by atoms with van der Waals surface area (Å²) in [6.07, 6.45) is -0.510. The average molecular weight is 380 g/mol. The molecule has 1 fully saturated rings. The Labute approximate surface area is 150 Å². The van der Waals surface area contributed by atoms with Gasteiger partial charge in [0, 0.05) is 41.5 Å². The molecule has 0 aliphatic carbocycles. The molecular formula is C16H15F3N6O2. The monoisotopic (exact) mass is 380 g/mol. The van der Waals surface area contributed by atoms with E-state index in [-0.39, 0.29) is 0 Å². The van der Waals surface area contributed by atoms with Crippen LogP contribution in [0.25, 0.3) is 21.8 Å². The molecule has 0 spiro atoms. The standard InChI is InChI=1S/C16H15F3N6O2/c17-16(18,19)8-22-15(26)27-10-2-4-25(7-10)14-12-9(6-23-24-14)5-21-13-11(12)1-3-20-13/h1,3,5-6,10H,2,4,7-8H2,(H,20,21)(H,22,26). The van der Waals surface area contributed by atoms with Crippen LogP contribution < -0.4 is 10.2 Å². The Hall–Kier alpha value is -3.11. The number of alkyl halides is 3. The normalized spacial score (nSPS) is 17.6. The number of pyridine rings is 1. The number of nitrogens with one attached hydrogen (secondary N) is 2. The first-order valence-corrected chi connectivity index (χ1v) is 8.24. The highest BCUT2D eigenvalue weighted by atomic mass is 19.4. The number of alkyl carbamates (subject to hydrolysis) is 1.